The van der Waals surface area contributed by atoms with Crippen LogP contribution in [0.25, 0.3) is 0 Å². The average molecular weight is 288 g/mol. The highest BCUT2D eigenvalue weighted by molar-refractivity contribution is 6.31. The van der Waals surface area contributed by atoms with Gasteiger partial charge < -0.3 is 10.1 Å². The number of nitrogens with one attached hydrogen (secondary N) is 1. The molecule has 106 valence electrons. The molecule has 0 aliphatic rings. The van der Waals surface area contributed by atoms with E-state index in [4.69, 9.17) is 16.3 Å². The van der Waals surface area contributed by atoms with E-state index in [1.54, 1.807) is 19.1 Å². The van der Waals surface area contributed by atoms with Crippen LogP contribution in [-0.4, -0.2) is 19.1 Å². The second-order valence-electron chi connectivity index (χ2n) is 4.14. The molecular formula is C14H19ClFNO2. The highest BCUT2D eigenvalue weighted by atomic mass is 35.5. The van der Waals surface area contributed by atoms with Gasteiger partial charge in [0.1, 0.15) is 0 Å². The summed E-state index contributed by atoms with van der Waals surface area (Å²) in [4.78, 5) is 11.1. The third kappa shape index (κ3) is 5.92. The van der Waals surface area contributed by atoms with E-state index in [1.165, 1.54) is 6.07 Å². The Labute approximate surface area is 118 Å². The molecule has 0 heterocycles. The standard InChI is InChI=1S/C14H19ClFNO2/c1-2-19-13(18)9-4-3-5-10-17-12-8-6-7-11(15)14(12)16/h6-8,17H,2-5,9-10H2,1H3. The van der Waals surface area contributed by atoms with E-state index < -0.39 is 5.82 Å². The Morgan fingerprint density at radius 1 is 1.37 bits per heavy atom. The lowest BCUT2D eigenvalue weighted by Crippen LogP contribution is -2.05. The largest absolute Gasteiger partial charge is 0.466 e. The molecule has 0 fully saturated rings. The van der Waals surface area contributed by atoms with Crippen LogP contribution >= 0.6 is 11.6 Å². The number of ether oxygens (including phenoxy) is 1. The van der Waals surface area contributed by atoms with Crippen molar-refractivity contribution in [2.45, 2.75) is 32.6 Å². The molecule has 0 saturated heterocycles. The van der Waals surface area contributed by atoms with Crippen LogP contribution in [0.3, 0.4) is 0 Å². The summed E-state index contributed by atoms with van der Waals surface area (Å²) in [7, 11) is 0. The van der Waals surface area contributed by atoms with Crippen LogP contribution in [-0.2, 0) is 9.53 Å². The number of hydrogen-bond acceptors (Lipinski definition) is 3. The minimum atomic E-state index is -0.421. The first-order valence-corrected chi connectivity index (χ1v) is 6.86. The number of carbonyl (C=O) groups is 1. The SMILES string of the molecule is CCOC(=O)CCCCCNc1cccc(Cl)c1F. The normalized spacial score (nSPS) is 10.3. The zero-order valence-corrected chi connectivity index (χ0v) is 11.8. The third-order valence-corrected chi connectivity index (χ3v) is 2.92. The van der Waals surface area contributed by atoms with E-state index in [0.29, 0.717) is 25.3 Å². The molecule has 0 aliphatic carbocycles. The minimum absolute atomic E-state index is 0.118. The molecule has 0 radical (unpaired) electrons. The predicted molar refractivity (Wildman–Crippen MR) is 75.0 cm³/mol. The lowest BCUT2D eigenvalue weighted by Gasteiger charge is -2.08. The summed E-state index contributed by atoms with van der Waals surface area (Å²) in [5.74, 6) is -0.577. The van der Waals surface area contributed by atoms with Gasteiger partial charge in [0.25, 0.3) is 0 Å². The molecule has 0 unspecified atom stereocenters. The summed E-state index contributed by atoms with van der Waals surface area (Å²) in [6, 6.07) is 4.87. The summed E-state index contributed by atoms with van der Waals surface area (Å²) in [5.41, 5.74) is 0.415. The maximum Gasteiger partial charge on any atom is 0.305 e. The second-order valence-corrected chi connectivity index (χ2v) is 4.55. The monoisotopic (exact) mass is 287 g/mol. The van der Waals surface area contributed by atoms with Gasteiger partial charge in [-0.2, -0.15) is 0 Å². The maximum absolute atomic E-state index is 13.5. The first-order valence-electron chi connectivity index (χ1n) is 6.48. The van der Waals surface area contributed by atoms with Crippen molar-refractivity contribution in [3.05, 3.63) is 29.0 Å². The molecule has 0 aliphatic heterocycles. The molecule has 1 aromatic carbocycles. The molecule has 1 N–H and O–H groups in total. The van der Waals surface area contributed by atoms with Gasteiger partial charge in [-0.1, -0.05) is 24.1 Å². The summed E-state index contributed by atoms with van der Waals surface area (Å²) >= 11 is 5.67. The maximum atomic E-state index is 13.5. The summed E-state index contributed by atoms with van der Waals surface area (Å²) in [6.07, 6.45) is 3.00. The number of esters is 1. The molecule has 0 aromatic heterocycles. The predicted octanol–water partition coefficient (Wildman–Crippen LogP) is 4.01. The molecule has 0 bridgehead atoms. The van der Waals surface area contributed by atoms with Crippen molar-refractivity contribution in [3.63, 3.8) is 0 Å². The number of carbonyl (C=O) groups excluding carboxylic acids is 1. The average Bonchev–Trinajstić information content (AvgIpc) is 2.38. The van der Waals surface area contributed by atoms with Gasteiger partial charge in [-0.3, -0.25) is 4.79 Å². The van der Waals surface area contributed by atoms with Gasteiger partial charge in [-0.15, -0.1) is 0 Å². The van der Waals surface area contributed by atoms with Gasteiger partial charge in [0.15, 0.2) is 5.82 Å². The van der Waals surface area contributed by atoms with E-state index in [9.17, 15) is 9.18 Å². The van der Waals surface area contributed by atoms with Crippen molar-refractivity contribution in [2.24, 2.45) is 0 Å². The van der Waals surface area contributed by atoms with Crippen LogP contribution in [0.2, 0.25) is 5.02 Å². The topological polar surface area (TPSA) is 38.3 Å². The van der Waals surface area contributed by atoms with Gasteiger partial charge in [0.2, 0.25) is 0 Å². The van der Waals surface area contributed by atoms with Crippen molar-refractivity contribution in [2.75, 3.05) is 18.5 Å². The molecule has 19 heavy (non-hydrogen) atoms. The second kappa shape index (κ2) is 8.75. The van der Waals surface area contributed by atoms with Crippen molar-refractivity contribution < 1.29 is 13.9 Å². The van der Waals surface area contributed by atoms with Gasteiger partial charge in [-0.05, 0) is 31.9 Å². The summed E-state index contributed by atoms with van der Waals surface area (Å²) < 4.78 is 18.3. The zero-order chi connectivity index (χ0) is 14.1. The van der Waals surface area contributed by atoms with Crippen LogP contribution in [0.4, 0.5) is 10.1 Å². The fourth-order valence-electron chi connectivity index (χ4n) is 1.67. The van der Waals surface area contributed by atoms with Crippen LogP contribution < -0.4 is 5.32 Å². The Balaban J connectivity index is 2.14. The quantitative estimate of drug-likeness (QED) is 0.580. The van der Waals surface area contributed by atoms with Crippen molar-refractivity contribution in [3.8, 4) is 0 Å². The lowest BCUT2D eigenvalue weighted by atomic mass is 10.2. The fourth-order valence-corrected chi connectivity index (χ4v) is 1.84. The summed E-state index contributed by atoms with van der Waals surface area (Å²) in [6.45, 7) is 2.87. The van der Waals surface area contributed by atoms with Crippen LogP contribution in [0, 0.1) is 5.82 Å². The highest BCUT2D eigenvalue weighted by Crippen LogP contribution is 2.21. The number of benzene rings is 1. The summed E-state index contributed by atoms with van der Waals surface area (Å²) in [5, 5.41) is 3.11. The molecule has 0 amide bonds. The minimum Gasteiger partial charge on any atom is -0.466 e. The Bertz CT molecular complexity index is 412. The van der Waals surface area contributed by atoms with Gasteiger partial charge in [0.05, 0.1) is 17.3 Å². The number of rotatable bonds is 8. The highest BCUT2D eigenvalue weighted by Gasteiger charge is 2.05. The molecule has 0 atom stereocenters. The van der Waals surface area contributed by atoms with Crippen LogP contribution in [0.15, 0.2) is 18.2 Å². The first kappa shape index (κ1) is 15.8. The number of halogens is 2. The number of anilines is 1. The zero-order valence-electron chi connectivity index (χ0n) is 11.0. The Hall–Kier alpha value is -1.29. The Morgan fingerprint density at radius 3 is 2.89 bits per heavy atom. The number of unbranched alkanes of at least 4 members (excludes halogenated alkanes) is 2. The van der Waals surface area contributed by atoms with Crippen molar-refractivity contribution in [1.82, 2.24) is 0 Å². The first-order chi connectivity index (χ1) is 9.15. The van der Waals surface area contributed by atoms with Gasteiger partial charge in [-0.25, -0.2) is 4.39 Å². The molecule has 3 nitrogen and oxygen atoms in total. The lowest BCUT2D eigenvalue weighted by molar-refractivity contribution is -0.143. The van der Waals surface area contributed by atoms with E-state index in [1.807, 2.05) is 0 Å². The Morgan fingerprint density at radius 2 is 2.16 bits per heavy atom. The Kier molecular flexibility index (Phi) is 7.26. The molecule has 1 aromatic rings. The molecule has 0 saturated carbocycles. The number of hydrogen-bond donors (Lipinski definition) is 1. The van der Waals surface area contributed by atoms with Crippen LogP contribution in [0.5, 0.6) is 0 Å². The van der Waals surface area contributed by atoms with E-state index >= 15 is 0 Å². The van der Waals surface area contributed by atoms with E-state index in [0.717, 1.165) is 19.3 Å². The van der Waals surface area contributed by atoms with Gasteiger partial charge in [0, 0.05) is 13.0 Å². The van der Waals surface area contributed by atoms with Crippen molar-refractivity contribution in [1.29, 1.82) is 0 Å². The fraction of sp³-hybridized carbons (Fsp3) is 0.500. The van der Waals surface area contributed by atoms with Gasteiger partial charge >= 0.3 is 5.97 Å². The van der Waals surface area contributed by atoms with Crippen LogP contribution in [0.1, 0.15) is 32.6 Å². The third-order valence-electron chi connectivity index (χ3n) is 2.63. The van der Waals surface area contributed by atoms with Crippen molar-refractivity contribution >= 4 is 23.3 Å². The molecule has 0 spiro atoms. The molecular weight excluding hydrogens is 269 g/mol. The molecule has 1 rings (SSSR count). The smallest absolute Gasteiger partial charge is 0.305 e. The van der Waals surface area contributed by atoms with E-state index in [2.05, 4.69) is 5.32 Å². The molecule has 5 heteroatoms. The van der Waals surface area contributed by atoms with E-state index in [-0.39, 0.29) is 11.0 Å².